The highest BCUT2D eigenvalue weighted by atomic mass is 19.4. The molecule has 2 amide bonds. The van der Waals surface area contributed by atoms with Crippen LogP contribution in [-0.4, -0.2) is 52.8 Å². The van der Waals surface area contributed by atoms with Gasteiger partial charge in [0.05, 0.1) is 11.3 Å². The van der Waals surface area contributed by atoms with Gasteiger partial charge in [-0.2, -0.15) is 13.2 Å². The number of amides is 2. The van der Waals surface area contributed by atoms with Crippen LogP contribution in [0.1, 0.15) is 53.3 Å². The van der Waals surface area contributed by atoms with Gasteiger partial charge in [-0.25, -0.2) is 4.98 Å². The average Bonchev–Trinajstić information content (AvgIpc) is 3.65. The Bertz CT molecular complexity index is 1350. The number of rotatable bonds is 7. The van der Waals surface area contributed by atoms with Crippen LogP contribution in [0.5, 0.6) is 11.5 Å². The third-order valence-corrected chi connectivity index (χ3v) is 7.17. The highest BCUT2D eigenvalue weighted by Crippen LogP contribution is 2.40. The lowest BCUT2D eigenvalue weighted by molar-refractivity contribution is -0.139. The van der Waals surface area contributed by atoms with Gasteiger partial charge in [-0.3, -0.25) is 14.5 Å². The summed E-state index contributed by atoms with van der Waals surface area (Å²) in [5.41, 5.74) is 6.10. The summed E-state index contributed by atoms with van der Waals surface area (Å²) in [5, 5.41) is 0. The summed E-state index contributed by atoms with van der Waals surface area (Å²) in [6.07, 6.45) is -1.04. The van der Waals surface area contributed by atoms with Crippen molar-refractivity contribution in [2.24, 2.45) is 5.73 Å². The lowest BCUT2D eigenvalue weighted by Gasteiger charge is -2.32. The summed E-state index contributed by atoms with van der Waals surface area (Å²) >= 11 is 0. The lowest BCUT2D eigenvalue weighted by atomic mass is 9.99. The average molecular weight is 539 g/mol. The van der Waals surface area contributed by atoms with Crippen LogP contribution in [0.3, 0.4) is 0 Å². The fourth-order valence-corrected chi connectivity index (χ4v) is 5.18. The fourth-order valence-electron chi connectivity index (χ4n) is 5.18. The van der Waals surface area contributed by atoms with E-state index < -0.39 is 23.7 Å². The Morgan fingerprint density at radius 1 is 0.897 bits per heavy atom. The molecule has 2 aliphatic rings. The van der Waals surface area contributed by atoms with E-state index in [0.29, 0.717) is 43.2 Å². The van der Waals surface area contributed by atoms with Crippen molar-refractivity contribution in [1.29, 1.82) is 0 Å². The maximum absolute atomic E-state index is 13.8. The zero-order valence-electron chi connectivity index (χ0n) is 21.3. The van der Waals surface area contributed by atoms with Crippen molar-refractivity contribution in [2.75, 3.05) is 26.2 Å². The number of hydrogen-bond donors (Lipinski definition) is 1. The molecule has 39 heavy (non-hydrogen) atoms. The number of ether oxygens (including phenoxy) is 1. The molecule has 0 spiro atoms. The second-order valence-corrected chi connectivity index (χ2v) is 9.83. The van der Waals surface area contributed by atoms with E-state index in [1.165, 1.54) is 12.1 Å². The van der Waals surface area contributed by atoms with Crippen molar-refractivity contribution in [2.45, 2.75) is 37.9 Å². The molecule has 1 aromatic heterocycles. The van der Waals surface area contributed by atoms with E-state index in [-0.39, 0.29) is 22.9 Å². The SMILES string of the molecule is NC(=O)c1cccc(-c2ccc(Oc3ccc(C(F)(F)F)cc3C(C(=O)N3CCCC3)N3CCCC3)cc2)n1. The highest BCUT2D eigenvalue weighted by molar-refractivity contribution is 5.91. The Morgan fingerprint density at radius 2 is 1.56 bits per heavy atom. The third kappa shape index (κ3) is 5.90. The van der Waals surface area contributed by atoms with Crippen molar-refractivity contribution in [3.63, 3.8) is 0 Å². The van der Waals surface area contributed by atoms with E-state index in [0.717, 1.165) is 37.8 Å². The number of aromatic nitrogens is 1. The number of carbonyl (C=O) groups excluding carboxylic acids is 2. The van der Waals surface area contributed by atoms with E-state index in [2.05, 4.69) is 4.98 Å². The molecule has 3 aromatic rings. The molecular formula is C29H29F3N4O3. The summed E-state index contributed by atoms with van der Waals surface area (Å²) in [6, 6.07) is 14.2. The second kappa shape index (κ2) is 11.1. The number of likely N-dealkylation sites (tertiary alicyclic amines) is 2. The van der Waals surface area contributed by atoms with Crippen molar-refractivity contribution in [1.82, 2.24) is 14.8 Å². The summed E-state index contributed by atoms with van der Waals surface area (Å²) in [6.45, 7) is 2.47. The number of pyridine rings is 1. The maximum atomic E-state index is 13.8. The number of primary amides is 1. The van der Waals surface area contributed by atoms with Gasteiger partial charge in [0.15, 0.2) is 0 Å². The molecule has 3 heterocycles. The Balaban J connectivity index is 1.49. The quantitative estimate of drug-likeness (QED) is 0.434. The third-order valence-electron chi connectivity index (χ3n) is 7.17. The number of nitrogens with two attached hydrogens (primary N) is 1. The molecule has 7 nitrogen and oxygen atoms in total. The van der Waals surface area contributed by atoms with Gasteiger partial charge in [0.1, 0.15) is 23.2 Å². The van der Waals surface area contributed by atoms with Crippen molar-refractivity contribution in [3.05, 3.63) is 77.5 Å². The molecule has 2 saturated heterocycles. The first kappa shape index (κ1) is 26.7. The molecule has 2 aliphatic heterocycles. The Labute approximate surface area is 224 Å². The molecule has 5 rings (SSSR count). The van der Waals surface area contributed by atoms with E-state index in [4.69, 9.17) is 10.5 Å². The smallest absolute Gasteiger partial charge is 0.416 e. The molecule has 1 unspecified atom stereocenters. The summed E-state index contributed by atoms with van der Waals surface area (Å²) in [7, 11) is 0. The predicted molar refractivity (Wildman–Crippen MR) is 139 cm³/mol. The largest absolute Gasteiger partial charge is 0.457 e. The number of hydrogen-bond acceptors (Lipinski definition) is 5. The summed E-state index contributed by atoms with van der Waals surface area (Å²) in [5.74, 6) is -0.231. The molecule has 2 N–H and O–H groups in total. The van der Waals surface area contributed by atoms with Gasteiger partial charge in [-0.05, 0) is 93.4 Å². The standard InChI is InChI=1S/C29H29F3N4O3/c30-29(31,32)20-10-13-25(22(18-20)26(35-14-1-2-15-35)28(38)36-16-3-4-17-36)39-21-11-8-19(9-12-21)23-6-5-7-24(34-23)27(33)37/h5-13,18,26H,1-4,14-17H2,(H2,33,37). The highest BCUT2D eigenvalue weighted by Gasteiger charge is 2.38. The van der Waals surface area contributed by atoms with Crippen molar-refractivity contribution >= 4 is 11.8 Å². The Morgan fingerprint density at radius 3 is 2.21 bits per heavy atom. The van der Waals surface area contributed by atoms with Gasteiger partial charge >= 0.3 is 6.18 Å². The molecule has 0 radical (unpaired) electrons. The van der Waals surface area contributed by atoms with Crippen LogP contribution >= 0.6 is 0 Å². The van der Waals surface area contributed by atoms with E-state index >= 15 is 0 Å². The van der Waals surface area contributed by atoms with Gasteiger partial charge in [-0.15, -0.1) is 0 Å². The van der Waals surface area contributed by atoms with Crippen LogP contribution in [-0.2, 0) is 11.0 Å². The molecule has 0 aliphatic carbocycles. The van der Waals surface area contributed by atoms with Crippen LogP contribution in [0.15, 0.2) is 60.7 Å². The van der Waals surface area contributed by atoms with E-state index in [1.807, 2.05) is 4.90 Å². The molecule has 2 aromatic carbocycles. The zero-order valence-corrected chi connectivity index (χ0v) is 21.3. The number of benzene rings is 2. The predicted octanol–water partition coefficient (Wildman–Crippen LogP) is 5.42. The van der Waals surface area contributed by atoms with E-state index in [9.17, 15) is 22.8 Å². The minimum atomic E-state index is -4.56. The normalized spacial score (nSPS) is 16.8. The van der Waals surface area contributed by atoms with Crippen LogP contribution < -0.4 is 10.5 Å². The number of carbonyl (C=O) groups is 2. The Kier molecular flexibility index (Phi) is 7.56. The van der Waals surface area contributed by atoms with Gasteiger partial charge < -0.3 is 15.4 Å². The molecule has 0 bridgehead atoms. The molecule has 10 heteroatoms. The van der Waals surface area contributed by atoms with Crippen LogP contribution in [0.25, 0.3) is 11.3 Å². The van der Waals surface area contributed by atoms with E-state index in [1.54, 1.807) is 41.3 Å². The monoisotopic (exact) mass is 538 g/mol. The summed E-state index contributed by atoms with van der Waals surface area (Å²) < 4.78 is 47.4. The zero-order chi connectivity index (χ0) is 27.6. The second-order valence-electron chi connectivity index (χ2n) is 9.83. The molecule has 2 fully saturated rings. The van der Waals surface area contributed by atoms with Gasteiger partial charge in [-0.1, -0.05) is 6.07 Å². The number of halogens is 3. The first-order valence-electron chi connectivity index (χ1n) is 13.0. The van der Waals surface area contributed by atoms with Crippen molar-refractivity contribution < 1.29 is 27.5 Å². The molecule has 204 valence electrons. The fraction of sp³-hybridized carbons (Fsp3) is 0.345. The first-order valence-corrected chi connectivity index (χ1v) is 13.0. The maximum Gasteiger partial charge on any atom is 0.416 e. The lowest BCUT2D eigenvalue weighted by Crippen LogP contribution is -2.41. The van der Waals surface area contributed by atoms with Gasteiger partial charge in [0.2, 0.25) is 5.91 Å². The molecule has 0 saturated carbocycles. The topological polar surface area (TPSA) is 88.8 Å². The van der Waals surface area contributed by atoms with Crippen LogP contribution in [0.4, 0.5) is 13.2 Å². The number of alkyl halides is 3. The molecule has 1 atom stereocenters. The number of nitrogens with zero attached hydrogens (tertiary/aromatic N) is 3. The Hall–Kier alpha value is -3.92. The minimum Gasteiger partial charge on any atom is -0.457 e. The van der Waals surface area contributed by atoms with Gasteiger partial charge in [0, 0.05) is 24.2 Å². The van der Waals surface area contributed by atoms with Crippen LogP contribution in [0, 0.1) is 0 Å². The first-order chi connectivity index (χ1) is 18.7. The minimum absolute atomic E-state index is 0.137. The van der Waals surface area contributed by atoms with Gasteiger partial charge in [0.25, 0.3) is 5.91 Å². The van der Waals surface area contributed by atoms with Crippen molar-refractivity contribution in [3.8, 4) is 22.8 Å². The molecular weight excluding hydrogens is 509 g/mol. The van der Waals surface area contributed by atoms with Crippen LogP contribution in [0.2, 0.25) is 0 Å². The summed E-state index contributed by atoms with van der Waals surface area (Å²) in [4.78, 5) is 33.1.